The molecule has 11 heteroatoms. The first-order chi connectivity index (χ1) is 14.2. The number of carbonyl (C=O) groups excluding carboxylic acids is 1. The van der Waals surface area contributed by atoms with Gasteiger partial charge in [-0.2, -0.15) is 13.2 Å². The highest BCUT2D eigenvalue weighted by Gasteiger charge is 2.65. The maximum Gasteiger partial charge on any atom is 0.492 e. The lowest BCUT2D eigenvalue weighted by atomic mass is 10.1. The average Bonchev–Trinajstić information content (AvgIpc) is 3.06. The SMILES string of the molecule is COc1ccc(CCNC(=O)N[C@@]2(C(F)(F)F)Oc3ccc(Cl)cc3O2)cc1OC. The van der Waals surface area contributed by atoms with E-state index in [0.29, 0.717) is 17.9 Å². The molecular weight excluding hydrogens is 429 g/mol. The molecule has 2 aromatic rings. The fraction of sp³-hybridized carbons (Fsp3) is 0.316. The van der Waals surface area contributed by atoms with Crippen molar-refractivity contribution in [3.63, 3.8) is 0 Å². The summed E-state index contributed by atoms with van der Waals surface area (Å²) in [5.74, 6) is -2.74. The van der Waals surface area contributed by atoms with Crippen LogP contribution in [0.1, 0.15) is 5.56 Å². The lowest BCUT2D eigenvalue weighted by Gasteiger charge is -2.29. The predicted octanol–water partition coefficient (Wildman–Crippen LogP) is 3.89. The first-order valence-corrected chi connectivity index (χ1v) is 9.06. The summed E-state index contributed by atoms with van der Waals surface area (Å²) in [7, 11) is 2.98. The van der Waals surface area contributed by atoms with E-state index >= 15 is 0 Å². The van der Waals surface area contributed by atoms with Crippen LogP contribution in [0.25, 0.3) is 0 Å². The summed E-state index contributed by atoms with van der Waals surface area (Å²) in [6, 6.07) is 7.77. The van der Waals surface area contributed by atoms with Crippen molar-refractivity contribution in [2.24, 2.45) is 0 Å². The quantitative estimate of drug-likeness (QED) is 0.704. The van der Waals surface area contributed by atoms with Gasteiger partial charge in [0, 0.05) is 17.6 Å². The molecule has 7 nitrogen and oxygen atoms in total. The zero-order valence-electron chi connectivity index (χ0n) is 15.9. The van der Waals surface area contributed by atoms with Crippen LogP contribution in [0.15, 0.2) is 36.4 Å². The molecule has 1 heterocycles. The van der Waals surface area contributed by atoms with Crippen molar-refractivity contribution < 1.29 is 36.9 Å². The highest BCUT2D eigenvalue weighted by molar-refractivity contribution is 6.30. The third kappa shape index (κ3) is 4.43. The standard InChI is InChI=1S/C19H18ClF3N2O5/c1-27-13-5-3-11(9-15(13)28-2)7-8-24-17(26)25-19(18(21,22)23)29-14-6-4-12(20)10-16(14)30-19/h3-6,9-10H,7-8H2,1-2H3,(H2,24,25,26)/t19-/m0/s1. The van der Waals surface area contributed by atoms with Crippen molar-refractivity contribution in [1.82, 2.24) is 10.6 Å². The van der Waals surface area contributed by atoms with E-state index in [1.54, 1.807) is 23.5 Å². The smallest absolute Gasteiger partial charge is 0.492 e. The molecule has 3 rings (SSSR count). The van der Waals surface area contributed by atoms with Gasteiger partial charge in [0.05, 0.1) is 14.2 Å². The van der Waals surface area contributed by atoms with Crippen molar-refractivity contribution in [3.05, 3.63) is 47.0 Å². The topological polar surface area (TPSA) is 78.1 Å². The predicted molar refractivity (Wildman–Crippen MR) is 101 cm³/mol. The number of urea groups is 1. The molecule has 1 aliphatic heterocycles. The molecule has 30 heavy (non-hydrogen) atoms. The van der Waals surface area contributed by atoms with Crippen molar-refractivity contribution in [2.45, 2.75) is 18.5 Å². The normalized spacial score (nSPS) is 17.4. The second kappa shape index (κ2) is 8.39. The maximum absolute atomic E-state index is 13.6. The minimum absolute atomic E-state index is 0.0496. The summed E-state index contributed by atoms with van der Waals surface area (Å²) in [5.41, 5.74) is 0.786. The Bertz CT molecular complexity index is 941. The molecule has 1 aliphatic rings. The summed E-state index contributed by atoms with van der Waals surface area (Å²) in [6.07, 6.45) is -4.72. The first-order valence-electron chi connectivity index (χ1n) is 8.68. The van der Waals surface area contributed by atoms with E-state index in [1.807, 2.05) is 0 Å². The Balaban J connectivity index is 1.63. The number of methoxy groups -OCH3 is 2. The van der Waals surface area contributed by atoms with Gasteiger partial charge in [0.15, 0.2) is 23.0 Å². The number of carbonyl (C=O) groups is 1. The molecule has 2 N–H and O–H groups in total. The van der Waals surface area contributed by atoms with E-state index in [9.17, 15) is 18.0 Å². The molecule has 0 unspecified atom stereocenters. The van der Waals surface area contributed by atoms with Crippen LogP contribution in [-0.2, 0) is 6.42 Å². The van der Waals surface area contributed by atoms with E-state index in [4.69, 9.17) is 30.5 Å². The van der Waals surface area contributed by atoms with E-state index in [1.165, 1.54) is 32.4 Å². The highest BCUT2D eigenvalue weighted by Crippen LogP contribution is 2.46. The van der Waals surface area contributed by atoms with Gasteiger partial charge in [0.1, 0.15) is 0 Å². The Labute approximate surface area is 175 Å². The van der Waals surface area contributed by atoms with Crippen LogP contribution >= 0.6 is 11.6 Å². The summed E-state index contributed by atoms with van der Waals surface area (Å²) in [5, 5.41) is 4.23. The average molecular weight is 447 g/mol. The minimum atomic E-state index is -5.06. The van der Waals surface area contributed by atoms with Gasteiger partial charge in [-0.15, -0.1) is 0 Å². The molecule has 1 atom stereocenters. The second-order valence-corrected chi connectivity index (χ2v) is 6.67. The van der Waals surface area contributed by atoms with Gasteiger partial charge in [-0.05, 0) is 36.2 Å². The Morgan fingerprint density at radius 2 is 1.77 bits per heavy atom. The zero-order chi connectivity index (χ0) is 21.9. The van der Waals surface area contributed by atoms with Crippen LogP contribution in [0.3, 0.4) is 0 Å². The van der Waals surface area contributed by atoms with E-state index < -0.39 is 18.1 Å². The molecule has 2 aromatic carbocycles. The van der Waals surface area contributed by atoms with Crippen molar-refractivity contribution in [1.29, 1.82) is 0 Å². The molecule has 0 saturated heterocycles. The number of alkyl halides is 3. The molecule has 0 spiro atoms. The van der Waals surface area contributed by atoms with Crippen LogP contribution in [0.5, 0.6) is 23.0 Å². The van der Waals surface area contributed by atoms with E-state index in [2.05, 4.69) is 5.32 Å². The number of hydrogen-bond acceptors (Lipinski definition) is 5. The number of rotatable bonds is 6. The van der Waals surface area contributed by atoms with Gasteiger partial charge in [-0.1, -0.05) is 17.7 Å². The number of benzene rings is 2. The Morgan fingerprint density at radius 1 is 1.07 bits per heavy atom. The first kappa shape index (κ1) is 21.7. The number of ether oxygens (including phenoxy) is 4. The minimum Gasteiger partial charge on any atom is -0.493 e. The number of nitrogens with one attached hydrogen (secondary N) is 2. The van der Waals surface area contributed by atoms with Gasteiger partial charge >= 0.3 is 18.1 Å². The number of halogens is 4. The van der Waals surface area contributed by atoms with Gasteiger partial charge < -0.3 is 24.3 Å². The third-order valence-corrected chi connectivity index (χ3v) is 4.45. The Kier molecular flexibility index (Phi) is 6.06. The highest BCUT2D eigenvalue weighted by atomic mass is 35.5. The van der Waals surface area contributed by atoms with Crippen LogP contribution in [0.4, 0.5) is 18.0 Å². The second-order valence-electron chi connectivity index (χ2n) is 6.23. The van der Waals surface area contributed by atoms with Gasteiger partial charge in [0.2, 0.25) is 0 Å². The molecule has 0 fully saturated rings. The molecule has 0 radical (unpaired) electrons. The fourth-order valence-corrected chi connectivity index (χ4v) is 2.93. The maximum atomic E-state index is 13.6. The van der Waals surface area contributed by atoms with Crippen molar-refractivity contribution in [3.8, 4) is 23.0 Å². The van der Waals surface area contributed by atoms with Crippen LogP contribution in [0, 0.1) is 0 Å². The molecule has 2 amide bonds. The summed E-state index contributed by atoms with van der Waals surface area (Å²) < 4.78 is 61.0. The molecule has 0 aromatic heterocycles. The van der Waals surface area contributed by atoms with Crippen molar-refractivity contribution in [2.75, 3.05) is 20.8 Å². The molecule has 0 bridgehead atoms. The number of fused-ring (bicyclic) bond motifs is 1. The van der Waals surface area contributed by atoms with Gasteiger partial charge in [-0.25, -0.2) is 4.79 Å². The Morgan fingerprint density at radius 3 is 2.43 bits per heavy atom. The summed E-state index contributed by atoms with van der Waals surface area (Å²) in [6.45, 7) is 0.0496. The third-order valence-electron chi connectivity index (χ3n) is 4.21. The molecule has 162 valence electrons. The van der Waals surface area contributed by atoms with Crippen LogP contribution < -0.4 is 29.6 Å². The Hall–Kier alpha value is -3.01. The monoisotopic (exact) mass is 446 g/mol. The lowest BCUT2D eigenvalue weighted by molar-refractivity contribution is -0.317. The fourth-order valence-electron chi connectivity index (χ4n) is 2.76. The van der Waals surface area contributed by atoms with E-state index in [0.717, 1.165) is 5.56 Å². The molecule has 0 saturated carbocycles. The van der Waals surface area contributed by atoms with Crippen LogP contribution in [-0.4, -0.2) is 38.9 Å². The number of amides is 2. The van der Waals surface area contributed by atoms with Gasteiger partial charge in [-0.3, -0.25) is 5.32 Å². The summed E-state index contributed by atoms with van der Waals surface area (Å²) >= 11 is 5.77. The lowest BCUT2D eigenvalue weighted by Crippen LogP contribution is -2.66. The van der Waals surface area contributed by atoms with E-state index in [-0.39, 0.29) is 23.1 Å². The van der Waals surface area contributed by atoms with Crippen LogP contribution in [0.2, 0.25) is 5.02 Å². The largest absolute Gasteiger partial charge is 0.493 e. The summed E-state index contributed by atoms with van der Waals surface area (Å²) in [4.78, 5) is 12.1. The van der Waals surface area contributed by atoms with Crippen molar-refractivity contribution >= 4 is 17.6 Å². The molecular formula is C19H18ClF3N2O5. The van der Waals surface area contributed by atoms with Gasteiger partial charge in [0.25, 0.3) is 0 Å². The molecule has 0 aliphatic carbocycles. The number of hydrogen-bond donors (Lipinski definition) is 2. The zero-order valence-corrected chi connectivity index (χ0v) is 16.7.